The van der Waals surface area contributed by atoms with E-state index >= 15 is 0 Å². The topological polar surface area (TPSA) is 70.1 Å². The number of carbonyl (C=O) groups is 1. The lowest BCUT2D eigenvalue weighted by molar-refractivity contribution is -0.113. The molecule has 0 saturated carbocycles. The van der Waals surface area contributed by atoms with E-state index in [1.165, 1.54) is 23.1 Å². The standard InChI is InChI=1S/C18H27N5OS2/c1-5-11-19-17-21-22-18(26-17)25-12-16(24)20-14-7-9-15(10-8-14)23(6-2)13(3)4/h7-10,13H,5-6,11-12H2,1-4H3,(H,19,21)(H,20,24). The van der Waals surface area contributed by atoms with E-state index in [0.29, 0.717) is 11.8 Å². The van der Waals surface area contributed by atoms with Gasteiger partial charge in [-0.2, -0.15) is 0 Å². The van der Waals surface area contributed by atoms with Crippen molar-refractivity contribution in [2.24, 2.45) is 0 Å². The SMILES string of the molecule is CCCNc1nnc(SCC(=O)Nc2ccc(N(CC)C(C)C)cc2)s1. The van der Waals surface area contributed by atoms with E-state index in [4.69, 9.17) is 0 Å². The molecule has 26 heavy (non-hydrogen) atoms. The average Bonchev–Trinajstić information content (AvgIpc) is 3.08. The molecule has 0 saturated heterocycles. The van der Waals surface area contributed by atoms with Crippen LogP contribution in [0.5, 0.6) is 0 Å². The van der Waals surface area contributed by atoms with E-state index in [2.05, 4.69) is 53.4 Å². The zero-order chi connectivity index (χ0) is 18.9. The molecule has 0 aliphatic rings. The number of hydrogen-bond acceptors (Lipinski definition) is 7. The first-order chi connectivity index (χ1) is 12.5. The largest absolute Gasteiger partial charge is 0.369 e. The molecule has 0 bridgehead atoms. The van der Waals surface area contributed by atoms with Crippen molar-refractivity contribution < 1.29 is 4.79 Å². The molecule has 0 aliphatic heterocycles. The zero-order valence-electron chi connectivity index (χ0n) is 15.8. The summed E-state index contributed by atoms with van der Waals surface area (Å²) in [6.45, 7) is 10.4. The van der Waals surface area contributed by atoms with Crippen molar-refractivity contribution in [2.45, 2.75) is 44.5 Å². The molecule has 2 N–H and O–H groups in total. The van der Waals surface area contributed by atoms with Crippen LogP contribution in [0.2, 0.25) is 0 Å². The third-order valence-corrected chi connectivity index (χ3v) is 5.72. The van der Waals surface area contributed by atoms with Gasteiger partial charge in [0.2, 0.25) is 11.0 Å². The molecule has 142 valence electrons. The second-order valence-corrected chi connectivity index (χ2v) is 8.26. The predicted molar refractivity (Wildman–Crippen MR) is 113 cm³/mol. The van der Waals surface area contributed by atoms with Crippen LogP contribution < -0.4 is 15.5 Å². The number of nitrogens with zero attached hydrogens (tertiary/aromatic N) is 3. The van der Waals surface area contributed by atoms with Crippen LogP contribution in [-0.4, -0.2) is 41.0 Å². The number of benzene rings is 1. The average molecular weight is 394 g/mol. The minimum Gasteiger partial charge on any atom is -0.369 e. The number of thioether (sulfide) groups is 1. The van der Waals surface area contributed by atoms with Gasteiger partial charge in [-0.15, -0.1) is 10.2 Å². The molecule has 0 unspecified atom stereocenters. The first-order valence-electron chi connectivity index (χ1n) is 8.90. The molecule has 0 radical (unpaired) electrons. The Morgan fingerprint density at radius 1 is 1.23 bits per heavy atom. The minimum absolute atomic E-state index is 0.0442. The molecule has 1 aromatic carbocycles. The number of amides is 1. The fraction of sp³-hybridized carbons (Fsp3) is 0.500. The Labute approximate surface area is 163 Å². The fourth-order valence-corrected chi connectivity index (χ4v) is 4.06. The van der Waals surface area contributed by atoms with Crippen LogP contribution in [-0.2, 0) is 4.79 Å². The Kier molecular flexibility index (Phi) is 8.18. The number of carbonyl (C=O) groups excluding carboxylic acids is 1. The molecule has 0 spiro atoms. The molecule has 1 heterocycles. The third-order valence-electron chi connectivity index (χ3n) is 3.71. The highest BCUT2D eigenvalue weighted by atomic mass is 32.2. The van der Waals surface area contributed by atoms with Crippen LogP contribution in [0, 0.1) is 0 Å². The van der Waals surface area contributed by atoms with Crippen molar-refractivity contribution in [1.29, 1.82) is 0 Å². The van der Waals surface area contributed by atoms with Gasteiger partial charge in [-0.3, -0.25) is 4.79 Å². The molecule has 2 aromatic rings. The van der Waals surface area contributed by atoms with Crippen LogP contribution in [0.25, 0.3) is 0 Å². The minimum atomic E-state index is -0.0442. The van der Waals surface area contributed by atoms with Gasteiger partial charge < -0.3 is 15.5 Å². The molecule has 0 atom stereocenters. The van der Waals surface area contributed by atoms with Crippen LogP contribution >= 0.6 is 23.1 Å². The van der Waals surface area contributed by atoms with Gasteiger partial charge in [-0.1, -0.05) is 30.0 Å². The maximum absolute atomic E-state index is 12.1. The highest BCUT2D eigenvalue weighted by molar-refractivity contribution is 8.01. The highest BCUT2D eigenvalue weighted by Gasteiger charge is 2.10. The summed E-state index contributed by atoms with van der Waals surface area (Å²) >= 11 is 2.88. The summed E-state index contributed by atoms with van der Waals surface area (Å²) in [6.07, 6.45) is 1.04. The monoisotopic (exact) mass is 393 g/mol. The van der Waals surface area contributed by atoms with Gasteiger partial charge in [0.1, 0.15) is 0 Å². The maximum atomic E-state index is 12.1. The van der Waals surface area contributed by atoms with Crippen LogP contribution in [0.15, 0.2) is 28.6 Å². The third kappa shape index (κ3) is 6.17. The molecule has 1 amide bonds. The van der Waals surface area contributed by atoms with Gasteiger partial charge in [-0.05, 0) is 51.5 Å². The highest BCUT2D eigenvalue weighted by Crippen LogP contribution is 2.26. The van der Waals surface area contributed by atoms with E-state index in [9.17, 15) is 4.79 Å². The van der Waals surface area contributed by atoms with Gasteiger partial charge in [-0.25, -0.2) is 0 Å². The van der Waals surface area contributed by atoms with E-state index < -0.39 is 0 Å². The Bertz CT molecular complexity index is 687. The number of anilines is 3. The maximum Gasteiger partial charge on any atom is 0.234 e. The van der Waals surface area contributed by atoms with Crippen molar-refractivity contribution in [3.63, 3.8) is 0 Å². The molecule has 2 rings (SSSR count). The van der Waals surface area contributed by atoms with Crippen molar-refractivity contribution >= 4 is 45.5 Å². The number of nitrogens with one attached hydrogen (secondary N) is 2. The van der Waals surface area contributed by atoms with E-state index in [0.717, 1.165) is 40.4 Å². The molecule has 0 fully saturated rings. The predicted octanol–water partition coefficient (Wildman–Crippen LogP) is 4.33. The van der Waals surface area contributed by atoms with Crippen molar-refractivity contribution in [3.8, 4) is 0 Å². The fourth-order valence-electron chi connectivity index (χ4n) is 2.48. The summed E-state index contributed by atoms with van der Waals surface area (Å²) in [7, 11) is 0. The van der Waals surface area contributed by atoms with Crippen LogP contribution in [0.4, 0.5) is 16.5 Å². The van der Waals surface area contributed by atoms with Crippen molar-refractivity contribution in [1.82, 2.24) is 10.2 Å². The summed E-state index contributed by atoms with van der Waals surface area (Å²) in [4.78, 5) is 14.5. The lowest BCUT2D eigenvalue weighted by Crippen LogP contribution is -2.30. The van der Waals surface area contributed by atoms with Crippen LogP contribution in [0.3, 0.4) is 0 Å². The Morgan fingerprint density at radius 3 is 2.58 bits per heavy atom. The normalized spacial score (nSPS) is 10.8. The van der Waals surface area contributed by atoms with Gasteiger partial charge in [0.25, 0.3) is 0 Å². The van der Waals surface area contributed by atoms with E-state index in [-0.39, 0.29) is 5.91 Å². The molecule has 0 aliphatic carbocycles. The number of aromatic nitrogens is 2. The summed E-state index contributed by atoms with van der Waals surface area (Å²) < 4.78 is 0.796. The lowest BCUT2D eigenvalue weighted by atomic mass is 10.2. The summed E-state index contributed by atoms with van der Waals surface area (Å²) in [6, 6.07) is 8.42. The van der Waals surface area contributed by atoms with Crippen molar-refractivity contribution in [2.75, 3.05) is 34.4 Å². The molecule has 8 heteroatoms. The Balaban J connectivity index is 1.83. The lowest BCUT2D eigenvalue weighted by Gasteiger charge is -2.27. The summed E-state index contributed by atoms with van der Waals surface area (Å²) in [5.41, 5.74) is 1.97. The first kappa shape index (κ1) is 20.5. The van der Waals surface area contributed by atoms with Gasteiger partial charge >= 0.3 is 0 Å². The Morgan fingerprint density at radius 2 is 1.96 bits per heavy atom. The molecule has 1 aromatic heterocycles. The van der Waals surface area contributed by atoms with Crippen LogP contribution in [0.1, 0.15) is 34.1 Å². The number of hydrogen-bond donors (Lipinski definition) is 2. The smallest absolute Gasteiger partial charge is 0.234 e. The summed E-state index contributed by atoms with van der Waals surface area (Å²) in [5.74, 6) is 0.272. The van der Waals surface area contributed by atoms with E-state index in [1.54, 1.807) is 0 Å². The first-order valence-corrected chi connectivity index (χ1v) is 10.7. The van der Waals surface area contributed by atoms with E-state index in [1.807, 2.05) is 24.3 Å². The molecular formula is C18H27N5OS2. The number of rotatable bonds is 10. The van der Waals surface area contributed by atoms with Gasteiger partial charge in [0.05, 0.1) is 5.75 Å². The quantitative estimate of drug-likeness (QED) is 0.586. The second kappa shape index (κ2) is 10.4. The van der Waals surface area contributed by atoms with Crippen molar-refractivity contribution in [3.05, 3.63) is 24.3 Å². The van der Waals surface area contributed by atoms with Gasteiger partial charge in [0.15, 0.2) is 4.34 Å². The second-order valence-electron chi connectivity index (χ2n) is 6.06. The van der Waals surface area contributed by atoms with Gasteiger partial charge in [0, 0.05) is 30.5 Å². The molecule has 6 nitrogen and oxygen atoms in total. The summed E-state index contributed by atoms with van der Waals surface area (Å²) in [5, 5.41) is 15.1. The molecular weight excluding hydrogens is 366 g/mol. The zero-order valence-corrected chi connectivity index (χ0v) is 17.4. The Hall–Kier alpha value is -1.80.